The molecule has 0 radical (unpaired) electrons. The lowest BCUT2D eigenvalue weighted by Gasteiger charge is -2.34. The van der Waals surface area contributed by atoms with E-state index in [1.165, 1.54) is 6.42 Å². The van der Waals surface area contributed by atoms with E-state index < -0.39 is 0 Å². The lowest BCUT2D eigenvalue weighted by Crippen LogP contribution is -2.42. The molecule has 1 fully saturated rings. The van der Waals surface area contributed by atoms with E-state index >= 15 is 0 Å². The molecule has 0 spiro atoms. The Kier molecular flexibility index (Phi) is 6.90. The number of H-pyrrole nitrogens is 1. The molecule has 0 unspecified atom stereocenters. The summed E-state index contributed by atoms with van der Waals surface area (Å²) in [5, 5.41) is 1.69. The highest BCUT2D eigenvalue weighted by Crippen LogP contribution is 2.33. The largest absolute Gasteiger partial charge is 0.341 e. The van der Waals surface area contributed by atoms with Crippen LogP contribution in [-0.2, 0) is 6.42 Å². The average Bonchev–Trinajstić information content (AvgIpc) is 3.20. The molecular formula is C24H24Cl3N3O. The van der Waals surface area contributed by atoms with Crippen molar-refractivity contribution in [2.45, 2.75) is 51.5 Å². The summed E-state index contributed by atoms with van der Waals surface area (Å²) in [7, 11) is 0. The van der Waals surface area contributed by atoms with Crippen molar-refractivity contribution in [2.75, 3.05) is 4.90 Å². The van der Waals surface area contributed by atoms with E-state index in [4.69, 9.17) is 39.8 Å². The number of carbonyl (C=O) groups is 1. The lowest BCUT2D eigenvalue weighted by atomic mass is 9.93. The van der Waals surface area contributed by atoms with Crippen LogP contribution < -0.4 is 4.90 Å². The van der Waals surface area contributed by atoms with Gasteiger partial charge in [-0.2, -0.15) is 0 Å². The maximum atomic E-state index is 13.8. The number of aromatic nitrogens is 2. The summed E-state index contributed by atoms with van der Waals surface area (Å²) in [5.74, 6) is 0.472. The number of aryl methyl sites for hydroxylation is 1. The Hall–Kier alpha value is -2.01. The van der Waals surface area contributed by atoms with Gasteiger partial charge in [0.15, 0.2) is 0 Å². The fraction of sp³-hybridized carbons (Fsp3) is 0.333. The molecule has 1 aliphatic carbocycles. The monoisotopic (exact) mass is 475 g/mol. The normalized spacial score (nSPS) is 14.6. The number of hydrogen-bond donors (Lipinski definition) is 1. The second-order valence-corrected chi connectivity index (χ2v) is 9.11. The zero-order valence-corrected chi connectivity index (χ0v) is 19.6. The Morgan fingerprint density at radius 1 is 1.03 bits per heavy atom. The summed E-state index contributed by atoms with van der Waals surface area (Å²) in [5.41, 5.74) is 2.79. The Balaban J connectivity index is 1.75. The van der Waals surface area contributed by atoms with Gasteiger partial charge in [-0.1, -0.05) is 61.0 Å². The first-order chi connectivity index (χ1) is 15.0. The van der Waals surface area contributed by atoms with Crippen molar-refractivity contribution in [2.24, 2.45) is 0 Å². The summed E-state index contributed by atoms with van der Waals surface area (Å²) >= 11 is 18.5. The number of nitrogens with zero attached hydrogens (tertiary/aromatic N) is 2. The fourth-order valence-electron chi connectivity index (χ4n) is 4.20. The van der Waals surface area contributed by atoms with E-state index in [2.05, 4.69) is 4.98 Å². The number of aromatic amines is 1. The third kappa shape index (κ3) is 4.77. The summed E-state index contributed by atoms with van der Waals surface area (Å²) in [6.07, 6.45) is 6.06. The SMILES string of the molecule is CCc1[nH]c(-c2ccc(Cl)cc2Cl)nc1C(=O)N(c1ccc(Cl)cc1)C1CCCCC1. The van der Waals surface area contributed by atoms with Gasteiger partial charge in [0, 0.05) is 33.0 Å². The van der Waals surface area contributed by atoms with Crippen LogP contribution in [-0.4, -0.2) is 21.9 Å². The Labute approximate surface area is 197 Å². The van der Waals surface area contributed by atoms with Crippen LogP contribution >= 0.6 is 34.8 Å². The van der Waals surface area contributed by atoms with Gasteiger partial charge in [0.25, 0.3) is 5.91 Å². The van der Waals surface area contributed by atoms with Crippen molar-refractivity contribution in [1.29, 1.82) is 0 Å². The van der Waals surface area contributed by atoms with Crippen LogP contribution in [0.1, 0.15) is 55.2 Å². The van der Waals surface area contributed by atoms with E-state index in [1.54, 1.807) is 12.1 Å². The van der Waals surface area contributed by atoms with Gasteiger partial charge in [-0.15, -0.1) is 0 Å². The molecule has 162 valence electrons. The summed E-state index contributed by atoms with van der Waals surface area (Å²) in [6, 6.07) is 12.9. The van der Waals surface area contributed by atoms with Gasteiger partial charge in [0.1, 0.15) is 11.5 Å². The molecular weight excluding hydrogens is 453 g/mol. The zero-order valence-electron chi connectivity index (χ0n) is 17.3. The summed E-state index contributed by atoms with van der Waals surface area (Å²) in [4.78, 5) is 23.8. The van der Waals surface area contributed by atoms with Crippen molar-refractivity contribution in [3.05, 3.63) is 68.9 Å². The topological polar surface area (TPSA) is 49.0 Å². The second-order valence-electron chi connectivity index (χ2n) is 7.83. The second kappa shape index (κ2) is 9.64. The molecule has 3 aromatic rings. The molecule has 1 aliphatic rings. The van der Waals surface area contributed by atoms with Gasteiger partial charge >= 0.3 is 0 Å². The van der Waals surface area contributed by atoms with Crippen molar-refractivity contribution in [1.82, 2.24) is 9.97 Å². The third-order valence-electron chi connectivity index (χ3n) is 5.78. The molecule has 1 saturated carbocycles. The van der Waals surface area contributed by atoms with Crippen molar-refractivity contribution < 1.29 is 4.79 Å². The molecule has 1 heterocycles. The van der Waals surface area contributed by atoms with Crippen LogP contribution in [0.5, 0.6) is 0 Å². The first-order valence-corrected chi connectivity index (χ1v) is 11.7. The van der Waals surface area contributed by atoms with Gasteiger partial charge in [-0.05, 0) is 61.7 Å². The van der Waals surface area contributed by atoms with Crippen LogP contribution in [0, 0.1) is 0 Å². The molecule has 0 aliphatic heterocycles. The number of hydrogen-bond acceptors (Lipinski definition) is 2. The highest BCUT2D eigenvalue weighted by atomic mass is 35.5. The van der Waals surface area contributed by atoms with Crippen LogP contribution in [0.25, 0.3) is 11.4 Å². The maximum Gasteiger partial charge on any atom is 0.279 e. The van der Waals surface area contributed by atoms with Gasteiger partial charge in [-0.25, -0.2) is 4.98 Å². The Bertz CT molecular complexity index is 1070. The van der Waals surface area contributed by atoms with Crippen molar-refractivity contribution in [3.8, 4) is 11.4 Å². The van der Waals surface area contributed by atoms with Crippen molar-refractivity contribution in [3.63, 3.8) is 0 Å². The van der Waals surface area contributed by atoms with Crippen molar-refractivity contribution >= 4 is 46.4 Å². The first kappa shape index (κ1) is 22.2. The first-order valence-electron chi connectivity index (χ1n) is 10.6. The average molecular weight is 477 g/mol. The number of nitrogens with one attached hydrogen (secondary N) is 1. The van der Waals surface area contributed by atoms with Gasteiger partial charge < -0.3 is 9.88 Å². The smallest absolute Gasteiger partial charge is 0.279 e. The molecule has 4 rings (SSSR count). The molecule has 1 aromatic heterocycles. The van der Waals surface area contributed by atoms with Crippen LogP contribution in [0.4, 0.5) is 5.69 Å². The number of rotatable bonds is 5. The van der Waals surface area contributed by atoms with E-state index in [0.29, 0.717) is 33.0 Å². The van der Waals surface area contributed by atoms with E-state index in [1.807, 2.05) is 42.2 Å². The maximum absolute atomic E-state index is 13.8. The molecule has 7 heteroatoms. The van der Waals surface area contributed by atoms with Gasteiger partial charge in [-0.3, -0.25) is 4.79 Å². The minimum absolute atomic E-state index is 0.0985. The number of anilines is 1. The van der Waals surface area contributed by atoms with E-state index in [0.717, 1.165) is 42.6 Å². The highest BCUT2D eigenvalue weighted by Gasteiger charge is 2.31. The fourth-order valence-corrected chi connectivity index (χ4v) is 4.82. The number of imidazole rings is 1. The molecule has 0 saturated heterocycles. The van der Waals surface area contributed by atoms with E-state index in [9.17, 15) is 4.79 Å². The molecule has 1 amide bonds. The molecule has 0 bridgehead atoms. The number of halogens is 3. The molecule has 1 N–H and O–H groups in total. The highest BCUT2D eigenvalue weighted by molar-refractivity contribution is 6.36. The molecule has 2 aromatic carbocycles. The minimum Gasteiger partial charge on any atom is -0.341 e. The summed E-state index contributed by atoms with van der Waals surface area (Å²) in [6.45, 7) is 2.00. The van der Waals surface area contributed by atoms with Gasteiger partial charge in [0.05, 0.1) is 5.02 Å². The van der Waals surface area contributed by atoms with Crippen LogP contribution in [0.2, 0.25) is 15.1 Å². The predicted molar refractivity (Wildman–Crippen MR) is 129 cm³/mol. The zero-order chi connectivity index (χ0) is 22.0. The Morgan fingerprint density at radius 3 is 2.35 bits per heavy atom. The molecule has 4 nitrogen and oxygen atoms in total. The Morgan fingerprint density at radius 2 is 1.71 bits per heavy atom. The minimum atomic E-state index is -0.0985. The number of benzene rings is 2. The predicted octanol–water partition coefficient (Wildman–Crippen LogP) is 7.58. The lowest BCUT2D eigenvalue weighted by molar-refractivity contribution is 0.0965. The van der Waals surface area contributed by atoms with Gasteiger partial charge in [0.2, 0.25) is 0 Å². The summed E-state index contributed by atoms with van der Waals surface area (Å²) < 4.78 is 0. The standard InChI is InChI=1S/C24H24Cl3N3O/c1-2-21-22(29-23(28-21)19-13-10-16(26)14-20(19)27)24(31)30(17-6-4-3-5-7-17)18-11-8-15(25)9-12-18/h8-14,17H,2-7H2,1H3,(H,28,29). The molecule has 31 heavy (non-hydrogen) atoms. The number of amides is 1. The number of carbonyl (C=O) groups excluding carboxylic acids is 1. The quantitative estimate of drug-likeness (QED) is 0.412. The van der Waals surface area contributed by atoms with E-state index in [-0.39, 0.29) is 11.9 Å². The van der Waals surface area contributed by atoms with Crippen LogP contribution in [0.15, 0.2) is 42.5 Å². The van der Waals surface area contributed by atoms with Crippen LogP contribution in [0.3, 0.4) is 0 Å². The third-order valence-corrected chi connectivity index (χ3v) is 6.58. The molecule has 0 atom stereocenters.